The zero-order chi connectivity index (χ0) is 15.6. The predicted molar refractivity (Wildman–Crippen MR) is 82.1 cm³/mol. The number of benzene rings is 2. The van der Waals surface area contributed by atoms with Gasteiger partial charge in [0.1, 0.15) is 17.3 Å². The van der Waals surface area contributed by atoms with Gasteiger partial charge in [0.25, 0.3) is 0 Å². The van der Waals surface area contributed by atoms with Gasteiger partial charge in [-0.3, -0.25) is 4.79 Å². The van der Waals surface area contributed by atoms with Crippen molar-refractivity contribution in [3.05, 3.63) is 56.8 Å². The fourth-order valence-electron chi connectivity index (χ4n) is 1.83. The molecule has 0 spiro atoms. The van der Waals surface area contributed by atoms with Crippen LogP contribution in [0.15, 0.2) is 34.8 Å². The van der Waals surface area contributed by atoms with E-state index in [0.717, 1.165) is 6.07 Å². The molecule has 3 nitrogen and oxygen atoms in total. The molecule has 2 rings (SSSR count). The van der Waals surface area contributed by atoms with E-state index in [9.17, 15) is 9.18 Å². The van der Waals surface area contributed by atoms with Crippen molar-refractivity contribution in [2.24, 2.45) is 0 Å². The van der Waals surface area contributed by atoms with Gasteiger partial charge in [-0.15, -0.1) is 0 Å². The molecule has 0 saturated carbocycles. The second kappa shape index (κ2) is 6.45. The maximum Gasteiger partial charge on any atom is 0.199 e. The van der Waals surface area contributed by atoms with Crippen molar-refractivity contribution in [2.45, 2.75) is 0 Å². The van der Waals surface area contributed by atoms with Crippen molar-refractivity contribution < 1.29 is 18.7 Å². The van der Waals surface area contributed by atoms with Crippen molar-refractivity contribution in [3.8, 4) is 11.5 Å². The molecule has 0 aliphatic carbocycles. The normalized spacial score (nSPS) is 10.3. The van der Waals surface area contributed by atoms with Gasteiger partial charge in [0.05, 0.1) is 30.4 Å². The van der Waals surface area contributed by atoms with Crippen molar-refractivity contribution in [1.82, 2.24) is 0 Å². The highest BCUT2D eigenvalue weighted by Gasteiger charge is 2.20. The first-order chi connectivity index (χ1) is 9.97. The molecule has 0 N–H and O–H groups in total. The topological polar surface area (TPSA) is 35.5 Å². The second-order valence-electron chi connectivity index (χ2n) is 4.14. The highest BCUT2D eigenvalue weighted by Crippen LogP contribution is 2.30. The van der Waals surface area contributed by atoms with E-state index in [1.807, 2.05) is 0 Å². The van der Waals surface area contributed by atoms with Crippen LogP contribution in [0, 0.1) is 5.82 Å². The van der Waals surface area contributed by atoms with E-state index in [2.05, 4.69) is 15.9 Å². The molecule has 0 aliphatic heterocycles. The summed E-state index contributed by atoms with van der Waals surface area (Å²) in [5.41, 5.74) is 0.113. The van der Waals surface area contributed by atoms with Crippen LogP contribution in [-0.4, -0.2) is 20.0 Å². The van der Waals surface area contributed by atoms with E-state index in [4.69, 9.17) is 21.1 Å². The monoisotopic (exact) mass is 372 g/mol. The van der Waals surface area contributed by atoms with Gasteiger partial charge in [-0.25, -0.2) is 4.39 Å². The van der Waals surface area contributed by atoms with E-state index in [0.29, 0.717) is 16.0 Å². The average Bonchev–Trinajstić information content (AvgIpc) is 2.49. The highest BCUT2D eigenvalue weighted by atomic mass is 79.9. The number of ketones is 1. The van der Waals surface area contributed by atoms with Crippen LogP contribution in [0.2, 0.25) is 5.02 Å². The Hall–Kier alpha value is -1.59. The Balaban J connectivity index is 2.52. The van der Waals surface area contributed by atoms with Crippen molar-refractivity contribution in [2.75, 3.05) is 14.2 Å². The first-order valence-electron chi connectivity index (χ1n) is 5.89. The Labute approximate surface area is 134 Å². The molecule has 0 aliphatic rings. The Morgan fingerprint density at radius 1 is 1.14 bits per heavy atom. The van der Waals surface area contributed by atoms with Crippen LogP contribution in [0.25, 0.3) is 0 Å². The van der Waals surface area contributed by atoms with Crippen LogP contribution in [-0.2, 0) is 0 Å². The number of carbonyl (C=O) groups is 1. The summed E-state index contributed by atoms with van der Waals surface area (Å²) in [6.45, 7) is 0. The van der Waals surface area contributed by atoms with Gasteiger partial charge in [0.15, 0.2) is 5.78 Å². The first-order valence-corrected chi connectivity index (χ1v) is 7.06. The summed E-state index contributed by atoms with van der Waals surface area (Å²) in [5, 5.41) is 0.257. The van der Waals surface area contributed by atoms with Crippen molar-refractivity contribution in [1.29, 1.82) is 0 Å². The van der Waals surface area contributed by atoms with Gasteiger partial charge in [-0.1, -0.05) is 11.6 Å². The lowest BCUT2D eigenvalue weighted by atomic mass is 10.0. The molecule has 2 aromatic rings. The van der Waals surface area contributed by atoms with Gasteiger partial charge in [-0.05, 0) is 40.2 Å². The smallest absolute Gasteiger partial charge is 0.199 e. The number of ether oxygens (including phenoxy) is 2. The number of halogens is 3. The van der Waals surface area contributed by atoms with Crippen LogP contribution in [0.3, 0.4) is 0 Å². The van der Waals surface area contributed by atoms with E-state index in [1.54, 1.807) is 12.1 Å². The molecule has 110 valence electrons. The van der Waals surface area contributed by atoms with E-state index < -0.39 is 11.6 Å². The molecule has 0 radical (unpaired) electrons. The van der Waals surface area contributed by atoms with Gasteiger partial charge >= 0.3 is 0 Å². The third-order valence-electron chi connectivity index (χ3n) is 2.91. The van der Waals surface area contributed by atoms with Crippen molar-refractivity contribution >= 4 is 33.3 Å². The maximum absolute atomic E-state index is 14.0. The predicted octanol–water partition coefficient (Wildman–Crippen LogP) is 4.49. The van der Waals surface area contributed by atoms with E-state index >= 15 is 0 Å². The van der Waals surface area contributed by atoms with E-state index in [-0.39, 0.29) is 16.1 Å². The minimum atomic E-state index is -0.658. The Bertz CT molecular complexity index is 704. The Morgan fingerprint density at radius 3 is 2.48 bits per heavy atom. The van der Waals surface area contributed by atoms with Gasteiger partial charge in [-0.2, -0.15) is 0 Å². The molecule has 0 amide bonds. The zero-order valence-corrected chi connectivity index (χ0v) is 13.6. The SMILES string of the molecule is COc1ccc(C(=O)c2cc(Cl)c(Br)cc2F)c(OC)c1. The number of hydrogen-bond donors (Lipinski definition) is 0. The average molecular weight is 374 g/mol. The minimum Gasteiger partial charge on any atom is -0.497 e. The largest absolute Gasteiger partial charge is 0.497 e. The molecule has 2 aromatic carbocycles. The molecule has 0 heterocycles. The zero-order valence-electron chi connectivity index (χ0n) is 11.2. The first kappa shape index (κ1) is 15.8. The maximum atomic E-state index is 14.0. The number of carbonyl (C=O) groups excluding carboxylic acids is 1. The number of rotatable bonds is 4. The summed E-state index contributed by atoms with van der Waals surface area (Å²) in [6.07, 6.45) is 0. The van der Waals surface area contributed by atoms with Crippen LogP contribution >= 0.6 is 27.5 Å². The summed E-state index contributed by atoms with van der Waals surface area (Å²) in [4.78, 5) is 12.5. The highest BCUT2D eigenvalue weighted by molar-refractivity contribution is 9.10. The summed E-state index contributed by atoms with van der Waals surface area (Å²) in [6, 6.07) is 7.13. The summed E-state index contributed by atoms with van der Waals surface area (Å²) in [5.74, 6) is -0.328. The fraction of sp³-hybridized carbons (Fsp3) is 0.133. The van der Waals surface area contributed by atoms with Gasteiger partial charge < -0.3 is 9.47 Å². The fourth-order valence-corrected chi connectivity index (χ4v) is 2.31. The molecule has 0 aromatic heterocycles. The molecular weight excluding hydrogens is 363 g/mol. The second-order valence-corrected chi connectivity index (χ2v) is 5.40. The summed E-state index contributed by atoms with van der Waals surface area (Å²) < 4.78 is 24.6. The molecular formula is C15H11BrClFO3. The standard InChI is InChI=1S/C15H11BrClFO3/c1-20-8-3-4-9(14(5-8)21-2)15(19)10-6-12(17)11(16)7-13(10)18/h3-7H,1-2H3. The van der Waals surface area contributed by atoms with Crippen LogP contribution in [0.4, 0.5) is 4.39 Å². The summed E-state index contributed by atoms with van der Waals surface area (Å²) in [7, 11) is 2.93. The number of hydrogen-bond acceptors (Lipinski definition) is 3. The summed E-state index contributed by atoms with van der Waals surface area (Å²) >= 11 is 9.03. The molecule has 0 saturated heterocycles. The molecule has 0 unspecified atom stereocenters. The number of methoxy groups -OCH3 is 2. The third-order valence-corrected chi connectivity index (χ3v) is 4.10. The van der Waals surface area contributed by atoms with Crippen molar-refractivity contribution in [3.63, 3.8) is 0 Å². The molecule has 0 fully saturated rings. The molecule has 21 heavy (non-hydrogen) atoms. The quantitative estimate of drug-likeness (QED) is 0.585. The van der Waals surface area contributed by atoms with Crippen LogP contribution in [0.1, 0.15) is 15.9 Å². The third kappa shape index (κ3) is 3.19. The lowest BCUT2D eigenvalue weighted by Gasteiger charge is -2.10. The minimum absolute atomic E-state index is 0.119. The van der Waals surface area contributed by atoms with Gasteiger partial charge in [0, 0.05) is 10.5 Å². The Morgan fingerprint density at radius 2 is 1.86 bits per heavy atom. The molecule has 0 bridgehead atoms. The van der Waals surface area contributed by atoms with E-state index in [1.165, 1.54) is 26.4 Å². The van der Waals surface area contributed by atoms with Crippen LogP contribution in [0.5, 0.6) is 11.5 Å². The lowest BCUT2D eigenvalue weighted by molar-refractivity contribution is 0.103. The molecule has 6 heteroatoms. The molecule has 0 atom stereocenters. The van der Waals surface area contributed by atoms with Gasteiger partial charge in [0.2, 0.25) is 0 Å². The van der Waals surface area contributed by atoms with Crippen LogP contribution < -0.4 is 9.47 Å². The lowest BCUT2D eigenvalue weighted by Crippen LogP contribution is -2.07. The Kier molecular flexibility index (Phi) is 4.85.